The van der Waals surface area contributed by atoms with Crippen molar-refractivity contribution >= 4 is 5.97 Å². The lowest BCUT2D eigenvalue weighted by Crippen LogP contribution is -2.39. The highest BCUT2D eigenvalue weighted by Crippen LogP contribution is 2.25. The van der Waals surface area contributed by atoms with Gasteiger partial charge in [0, 0.05) is 12.0 Å². The van der Waals surface area contributed by atoms with Crippen LogP contribution < -0.4 is 14.2 Å². The fourth-order valence-electron chi connectivity index (χ4n) is 3.03. The number of rotatable bonds is 10. The molecule has 0 aliphatic carbocycles. The molecule has 0 bridgehead atoms. The summed E-state index contributed by atoms with van der Waals surface area (Å²) in [6.07, 6.45) is 0.611. The smallest absolute Gasteiger partial charge is 0.349 e. The third-order valence-electron chi connectivity index (χ3n) is 4.80. The van der Waals surface area contributed by atoms with Gasteiger partial charge in [-0.3, -0.25) is 0 Å². The summed E-state index contributed by atoms with van der Waals surface area (Å²) in [7, 11) is 1.63. The molecule has 0 unspecified atom stereocenters. The predicted octanol–water partition coefficient (Wildman–Crippen LogP) is 5.00. The number of oxazole rings is 1. The van der Waals surface area contributed by atoms with Gasteiger partial charge in [-0.25, -0.2) is 9.78 Å². The van der Waals surface area contributed by atoms with Crippen LogP contribution in [-0.2, 0) is 16.0 Å². The van der Waals surface area contributed by atoms with Gasteiger partial charge in [-0.2, -0.15) is 0 Å². The maximum atomic E-state index is 12.0. The molecule has 32 heavy (non-hydrogen) atoms. The molecule has 0 spiro atoms. The number of ether oxygens (including phenoxy) is 4. The predicted molar refractivity (Wildman–Crippen MR) is 120 cm³/mol. The summed E-state index contributed by atoms with van der Waals surface area (Å²) >= 11 is 0. The highest BCUT2D eigenvalue weighted by Gasteiger charge is 2.31. The minimum Gasteiger partial charge on any atom is -0.497 e. The molecule has 0 fully saturated rings. The second-order valence-corrected chi connectivity index (χ2v) is 7.65. The van der Waals surface area contributed by atoms with Crippen LogP contribution in [0.5, 0.6) is 17.2 Å². The molecule has 170 valence electrons. The van der Waals surface area contributed by atoms with Crippen LogP contribution in [0.2, 0.25) is 0 Å². The quantitative estimate of drug-likeness (QED) is 0.411. The maximum Gasteiger partial charge on any atom is 0.349 e. The Balaban J connectivity index is 1.54. The number of hydrogen-bond acceptors (Lipinski definition) is 7. The molecule has 1 aromatic heterocycles. The van der Waals surface area contributed by atoms with Crippen molar-refractivity contribution in [3.63, 3.8) is 0 Å². The van der Waals surface area contributed by atoms with Crippen LogP contribution in [0.15, 0.2) is 52.9 Å². The van der Waals surface area contributed by atoms with Gasteiger partial charge < -0.3 is 23.4 Å². The van der Waals surface area contributed by atoms with E-state index in [-0.39, 0.29) is 0 Å². The molecular formula is C25H29NO6. The summed E-state index contributed by atoms with van der Waals surface area (Å²) in [5.74, 6) is 2.98. The van der Waals surface area contributed by atoms with E-state index in [1.54, 1.807) is 52.1 Å². The van der Waals surface area contributed by atoms with Crippen molar-refractivity contribution in [2.45, 2.75) is 39.7 Å². The first-order valence-corrected chi connectivity index (χ1v) is 10.5. The summed E-state index contributed by atoms with van der Waals surface area (Å²) in [6, 6.07) is 14.7. The number of nitrogens with zero attached hydrogens (tertiary/aromatic N) is 1. The van der Waals surface area contributed by atoms with Crippen LogP contribution in [0, 0.1) is 6.92 Å². The van der Waals surface area contributed by atoms with E-state index >= 15 is 0 Å². The number of carbonyl (C=O) groups excluding carboxylic acids is 1. The molecule has 0 aliphatic rings. The fourth-order valence-corrected chi connectivity index (χ4v) is 3.03. The highest BCUT2D eigenvalue weighted by atomic mass is 16.6. The van der Waals surface area contributed by atoms with Crippen molar-refractivity contribution in [2.24, 2.45) is 0 Å². The minimum absolute atomic E-state index is 0.311. The van der Waals surface area contributed by atoms with E-state index in [0.29, 0.717) is 37.0 Å². The van der Waals surface area contributed by atoms with Crippen molar-refractivity contribution in [3.8, 4) is 28.7 Å². The Morgan fingerprint density at radius 2 is 1.62 bits per heavy atom. The molecule has 7 nitrogen and oxygen atoms in total. The summed E-state index contributed by atoms with van der Waals surface area (Å²) in [5, 5.41) is 0. The minimum atomic E-state index is -1.07. The topological polar surface area (TPSA) is 80.0 Å². The van der Waals surface area contributed by atoms with Gasteiger partial charge in [0.2, 0.25) is 5.89 Å². The summed E-state index contributed by atoms with van der Waals surface area (Å²) in [5.41, 5.74) is 0.680. The van der Waals surface area contributed by atoms with Gasteiger partial charge in [0.05, 0.1) is 26.0 Å². The first-order valence-electron chi connectivity index (χ1n) is 10.5. The zero-order valence-corrected chi connectivity index (χ0v) is 19.1. The molecule has 0 saturated carbocycles. The first-order chi connectivity index (χ1) is 15.3. The van der Waals surface area contributed by atoms with Gasteiger partial charge >= 0.3 is 5.97 Å². The summed E-state index contributed by atoms with van der Waals surface area (Å²) < 4.78 is 27.6. The monoisotopic (exact) mass is 439 g/mol. The van der Waals surface area contributed by atoms with Gasteiger partial charge in [0.25, 0.3) is 0 Å². The number of benzene rings is 2. The number of esters is 1. The summed E-state index contributed by atoms with van der Waals surface area (Å²) in [4.78, 5) is 16.6. The van der Waals surface area contributed by atoms with Crippen molar-refractivity contribution in [1.82, 2.24) is 4.98 Å². The van der Waals surface area contributed by atoms with Crippen LogP contribution in [-0.4, -0.2) is 36.9 Å². The Hall–Kier alpha value is -3.48. The van der Waals surface area contributed by atoms with E-state index in [0.717, 1.165) is 22.8 Å². The van der Waals surface area contributed by atoms with Crippen LogP contribution in [0.4, 0.5) is 0 Å². The first kappa shape index (κ1) is 23.2. The Bertz CT molecular complexity index is 1020. The molecule has 3 aromatic rings. The van der Waals surface area contributed by atoms with E-state index in [4.69, 9.17) is 23.4 Å². The Kier molecular flexibility index (Phi) is 7.41. The Morgan fingerprint density at radius 1 is 1.00 bits per heavy atom. The molecule has 0 aliphatic heterocycles. The van der Waals surface area contributed by atoms with E-state index < -0.39 is 11.6 Å². The molecule has 3 rings (SSSR count). The third-order valence-corrected chi connectivity index (χ3v) is 4.80. The molecule has 0 saturated heterocycles. The lowest BCUT2D eigenvalue weighted by atomic mass is 10.1. The molecule has 0 atom stereocenters. The van der Waals surface area contributed by atoms with Crippen molar-refractivity contribution in [1.29, 1.82) is 0 Å². The van der Waals surface area contributed by atoms with Crippen LogP contribution in [0.25, 0.3) is 11.5 Å². The van der Waals surface area contributed by atoms with Crippen LogP contribution >= 0.6 is 0 Å². The average Bonchev–Trinajstić information content (AvgIpc) is 3.15. The molecule has 0 radical (unpaired) electrons. The lowest BCUT2D eigenvalue weighted by Gasteiger charge is -2.24. The zero-order chi connectivity index (χ0) is 23.1. The van der Waals surface area contributed by atoms with Gasteiger partial charge in [0.1, 0.15) is 23.0 Å². The fraction of sp³-hybridized carbons (Fsp3) is 0.360. The van der Waals surface area contributed by atoms with E-state index in [1.807, 2.05) is 31.2 Å². The molecule has 2 aromatic carbocycles. The Morgan fingerprint density at radius 3 is 2.25 bits per heavy atom. The number of aromatic nitrogens is 1. The van der Waals surface area contributed by atoms with Gasteiger partial charge in [0.15, 0.2) is 5.60 Å². The van der Waals surface area contributed by atoms with Gasteiger partial charge in [-0.05, 0) is 76.2 Å². The van der Waals surface area contributed by atoms with Gasteiger partial charge in [-0.1, -0.05) is 0 Å². The normalized spacial score (nSPS) is 11.2. The van der Waals surface area contributed by atoms with Crippen LogP contribution in [0.1, 0.15) is 32.2 Å². The van der Waals surface area contributed by atoms with Crippen molar-refractivity contribution in [2.75, 3.05) is 20.3 Å². The molecule has 0 N–H and O–H groups in total. The lowest BCUT2D eigenvalue weighted by molar-refractivity contribution is -0.158. The molecular weight excluding hydrogens is 410 g/mol. The largest absolute Gasteiger partial charge is 0.497 e. The average molecular weight is 440 g/mol. The van der Waals surface area contributed by atoms with E-state index in [9.17, 15) is 4.79 Å². The summed E-state index contributed by atoms with van der Waals surface area (Å²) in [6.45, 7) is 7.77. The second kappa shape index (κ2) is 10.2. The number of hydrogen-bond donors (Lipinski definition) is 0. The zero-order valence-electron chi connectivity index (χ0n) is 19.1. The van der Waals surface area contributed by atoms with Gasteiger partial charge in [-0.15, -0.1) is 0 Å². The number of carbonyl (C=O) groups is 1. The molecule has 1 heterocycles. The standard InChI is InChI=1S/C25H29NO6/c1-6-29-24(27)25(3,4)32-21-13-11-20(12-14-21)30-16-15-22-17(2)31-23(26-22)18-7-9-19(28-5)10-8-18/h7-14H,6,15-16H2,1-5H3. The SMILES string of the molecule is CCOC(=O)C(C)(C)Oc1ccc(OCCc2nc(-c3ccc(OC)cc3)oc2C)cc1. The molecule has 7 heteroatoms. The van der Waals surface area contributed by atoms with E-state index in [2.05, 4.69) is 4.98 Å². The Labute approximate surface area is 188 Å². The van der Waals surface area contributed by atoms with E-state index in [1.165, 1.54) is 0 Å². The maximum absolute atomic E-state index is 12.0. The third kappa shape index (κ3) is 5.81. The second-order valence-electron chi connectivity index (χ2n) is 7.65. The van der Waals surface area contributed by atoms with Crippen molar-refractivity contribution < 1.29 is 28.2 Å². The number of aryl methyl sites for hydroxylation is 1. The highest BCUT2D eigenvalue weighted by molar-refractivity contribution is 5.79. The van der Waals surface area contributed by atoms with Crippen LogP contribution in [0.3, 0.4) is 0 Å². The van der Waals surface area contributed by atoms with Crippen molar-refractivity contribution in [3.05, 3.63) is 60.0 Å². The number of methoxy groups -OCH3 is 1. The molecule has 0 amide bonds.